The van der Waals surface area contributed by atoms with Gasteiger partial charge in [-0.15, -0.1) is 0 Å². The van der Waals surface area contributed by atoms with Crippen LogP contribution < -0.4 is 10.1 Å². The molecule has 1 aromatic carbocycles. The van der Waals surface area contributed by atoms with Gasteiger partial charge in [0.15, 0.2) is 0 Å². The van der Waals surface area contributed by atoms with Crippen molar-refractivity contribution in [2.75, 3.05) is 7.05 Å². The van der Waals surface area contributed by atoms with Crippen LogP contribution in [0.15, 0.2) is 22.7 Å². The number of halogens is 1. The Morgan fingerprint density at radius 2 is 2.38 bits per heavy atom. The number of non-ortho nitro benzene ring substituents is 1. The van der Waals surface area contributed by atoms with Gasteiger partial charge in [0.25, 0.3) is 5.69 Å². The van der Waals surface area contributed by atoms with Crippen LogP contribution >= 0.6 is 15.9 Å². The summed E-state index contributed by atoms with van der Waals surface area (Å²) in [4.78, 5) is 10.4. The van der Waals surface area contributed by atoms with Crippen LogP contribution in [0.3, 0.4) is 0 Å². The number of benzene rings is 1. The molecule has 2 rings (SSSR count). The van der Waals surface area contributed by atoms with Gasteiger partial charge in [-0.25, -0.2) is 0 Å². The molecule has 0 radical (unpaired) electrons. The summed E-state index contributed by atoms with van der Waals surface area (Å²) >= 11 is 3.34. The van der Waals surface area contributed by atoms with Crippen LogP contribution in [0.4, 0.5) is 5.69 Å². The molecule has 0 bridgehead atoms. The van der Waals surface area contributed by atoms with Crippen LogP contribution in [-0.4, -0.2) is 23.6 Å². The predicted octanol–water partition coefficient (Wildman–Crippen LogP) is 3.16. The van der Waals surface area contributed by atoms with E-state index in [1.165, 1.54) is 12.1 Å². The van der Waals surface area contributed by atoms with Gasteiger partial charge in [0.2, 0.25) is 0 Å². The molecule has 0 aromatic heterocycles. The van der Waals surface area contributed by atoms with E-state index in [1.807, 2.05) is 0 Å². The van der Waals surface area contributed by atoms with Crippen LogP contribution in [-0.2, 0) is 0 Å². The molecule has 2 atom stereocenters. The quantitative estimate of drug-likeness (QED) is 0.663. The van der Waals surface area contributed by atoms with Crippen LogP contribution in [0, 0.1) is 21.4 Å². The summed E-state index contributed by atoms with van der Waals surface area (Å²) in [5.74, 6) is 0.444. The number of nitro benzene ring substituents is 1. The van der Waals surface area contributed by atoms with Crippen molar-refractivity contribution in [3.63, 3.8) is 0 Å². The van der Waals surface area contributed by atoms with E-state index in [0.29, 0.717) is 16.6 Å². The number of nitrogens with zero attached hydrogens (tertiary/aromatic N) is 2. The molecule has 7 heteroatoms. The molecule has 1 fully saturated rings. The van der Waals surface area contributed by atoms with Crippen molar-refractivity contribution < 1.29 is 9.66 Å². The molecule has 0 saturated heterocycles. The molecule has 1 saturated carbocycles. The van der Waals surface area contributed by atoms with E-state index < -0.39 is 10.5 Å². The number of hydrogen-bond donors (Lipinski definition) is 1. The lowest BCUT2D eigenvalue weighted by atomic mass is 9.81. The van der Waals surface area contributed by atoms with Crippen molar-refractivity contribution >= 4 is 21.6 Å². The van der Waals surface area contributed by atoms with E-state index in [9.17, 15) is 15.4 Å². The molecule has 0 amide bonds. The van der Waals surface area contributed by atoms with Gasteiger partial charge in [-0.1, -0.05) is 0 Å². The third kappa shape index (κ3) is 3.52. The Labute approximate surface area is 131 Å². The molecule has 6 nitrogen and oxygen atoms in total. The molecule has 21 heavy (non-hydrogen) atoms. The summed E-state index contributed by atoms with van der Waals surface area (Å²) in [6.07, 6.45) is 2.93. The van der Waals surface area contributed by atoms with Crippen molar-refractivity contribution in [3.8, 4) is 11.8 Å². The molecule has 1 aliphatic carbocycles. The summed E-state index contributed by atoms with van der Waals surface area (Å²) in [6.45, 7) is 0. The van der Waals surface area contributed by atoms with E-state index in [1.54, 1.807) is 13.1 Å². The minimum absolute atomic E-state index is 0.0100. The van der Waals surface area contributed by atoms with Gasteiger partial charge in [-0.2, -0.15) is 5.26 Å². The molecule has 112 valence electrons. The lowest BCUT2D eigenvalue weighted by Gasteiger charge is -2.35. The number of rotatable bonds is 4. The molecule has 2 unspecified atom stereocenters. The van der Waals surface area contributed by atoms with Crippen molar-refractivity contribution in [2.24, 2.45) is 0 Å². The molecular formula is C14H16BrN3O3. The van der Waals surface area contributed by atoms with Gasteiger partial charge >= 0.3 is 0 Å². The van der Waals surface area contributed by atoms with Crippen molar-refractivity contribution in [1.82, 2.24) is 5.32 Å². The zero-order valence-electron chi connectivity index (χ0n) is 11.6. The van der Waals surface area contributed by atoms with E-state index in [-0.39, 0.29) is 11.8 Å². The van der Waals surface area contributed by atoms with Crippen molar-refractivity contribution in [3.05, 3.63) is 32.8 Å². The normalized spacial score (nSPS) is 25.1. The summed E-state index contributed by atoms with van der Waals surface area (Å²) < 4.78 is 6.57. The predicted molar refractivity (Wildman–Crippen MR) is 81.1 cm³/mol. The van der Waals surface area contributed by atoms with E-state index >= 15 is 0 Å². The fraction of sp³-hybridized carbons (Fsp3) is 0.500. The Kier molecular flexibility index (Phi) is 4.80. The maximum Gasteiger partial charge on any atom is 0.273 e. The monoisotopic (exact) mass is 353 g/mol. The van der Waals surface area contributed by atoms with Crippen LogP contribution in [0.1, 0.15) is 25.7 Å². The van der Waals surface area contributed by atoms with Gasteiger partial charge in [-0.3, -0.25) is 10.1 Å². The lowest BCUT2D eigenvalue weighted by molar-refractivity contribution is -0.385. The first-order valence-corrected chi connectivity index (χ1v) is 7.50. The Morgan fingerprint density at radius 3 is 3.00 bits per heavy atom. The van der Waals surface area contributed by atoms with Crippen LogP contribution in [0.25, 0.3) is 0 Å². The topological polar surface area (TPSA) is 88.2 Å². The number of nitro groups is 1. The van der Waals surface area contributed by atoms with Gasteiger partial charge in [0.05, 0.1) is 21.5 Å². The van der Waals surface area contributed by atoms with Crippen LogP contribution in [0.2, 0.25) is 0 Å². The van der Waals surface area contributed by atoms with Gasteiger partial charge in [0.1, 0.15) is 17.4 Å². The molecular weight excluding hydrogens is 338 g/mol. The molecule has 1 N–H and O–H groups in total. The highest BCUT2D eigenvalue weighted by Gasteiger charge is 2.36. The second-order valence-corrected chi connectivity index (χ2v) is 6.01. The van der Waals surface area contributed by atoms with E-state index in [2.05, 4.69) is 27.3 Å². The summed E-state index contributed by atoms with van der Waals surface area (Å²) in [5, 5.41) is 23.2. The largest absolute Gasteiger partial charge is 0.489 e. The fourth-order valence-corrected chi connectivity index (χ4v) is 2.92. The Bertz CT molecular complexity index is 587. The zero-order chi connectivity index (χ0) is 15.5. The first kappa shape index (κ1) is 15.7. The first-order chi connectivity index (χ1) is 9.99. The molecule has 1 aromatic rings. The van der Waals surface area contributed by atoms with Crippen LogP contribution in [0.5, 0.6) is 5.75 Å². The fourth-order valence-electron chi connectivity index (χ4n) is 2.58. The molecule has 0 heterocycles. The second-order valence-electron chi connectivity index (χ2n) is 5.15. The lowest BCUT2D eigenvalue weighted by Crippen LogP contribution is -2.48. The highest BCUT2D eigenvalue weighted by Crippen LogP contribution is 2.35. The third-order valence-electron chi connectivity index (χ3n) is 3.82. The van der Waals surface area contributed by atoms with Crippen molar-refractivity contribution in [2.45, 2.75) is 37.3 Å². The second kappa shape index (κ2) is 6.41. The smallest absolute Gasteiger partial charge is 0.273 e. The number of nitriles is 1. The standard InChI is InChI=1S/C14H16BrN3O3/c1-17-14(9-16)6-2-3-11(8-14)21-13-7-10(18(19)20)4-5-12(13)15/h4-5,7,11,17H,2-3,6,8H2,1H3. The average Bonchev–Trinajstić information content (AvgIpc) is 2.49. The Hall–Kier alpha value is -1.65. The maximum atomic E-state index is 10.8. The number of ether oxygens (including phenoxy) is 1. The SMILES string of the molecule is CNC1(C#N)CCCC(Oc2cc([N+](=O)[O-])ccc2Br)C1. The number of nitrogens with one attached hydrogen (secondary N) is 1. The molecule has 0 spiro atoms. The zero-order valence-corrected chi connectivity index (χ0v) is 13.2. The Balaban J connectivity index is 2.16. The van der Waals surface area contributed by atoms with E-state index in [0.717, 1.165) is 19.3 Å². The highest BCUT2D eigenvalue weighted by atomic mass is 79.9. The Morgan fingerprint density at radius 1 is 1.62 bits per heavy atom. The summed E-state index contributed by atoms with van der Waals surface area (Å²) in [7, 11) is 1.77. The molecule has 1 aliphatic rings. The van der Waals surface area contributed by atoms with Gasteiger partial charge in [-0.05, 0) is 48.3 Å². The summed E-state index contributed by atoms with van der Waals surface area (Å²) in [6, 6.07) is 6.75. The maximum absolute atomic E-state index is 10.8. The highest BCUT2D eigenvalue weighted by molar-refractivity contribution is 9.10. The van der Waals surface area contributed by atoms with Gasteiger partial charge < -0.3 is 10.1 Å². The van der Waals surface area contributed by atoms with E-state index in [4.69, 9.17) is 4.74 Å². The molecule has 0 aliphatic heterocycles. The first-order valence-electron chi connectivity index (χ1n) is 6.70. The number of hydrogen-bond acceptors (Lipinski definition) is 5. The minimum Gasteiger partial charge on any atom is -0.489 e. The van der Waals surface area contributed by atoms with Gasteiger partial charge in [0, 0.05) is 12.5 Å². The third-order valence-corrected chi connectivity index (χ3v) is 4.47. The summed E-state index contributed by atoms with van der Waals surface area (Å²) in [5.41, 5.74) is -0.583. The minimum atomic E-state index is -0.573. The average molecular weight is 354 g/mol. The van der Waals surface area contributed by atoms with Crippen molar-refractivity contribution in [1.29, 1.82) is 5.26 Å².